The highest BCUT2D eigenvalue weighted by atomic mass is 16.2. The lowest BCUT2D eigenvalue weighted by Crippen LogP contribution is -2.19. The molecule has 0 aliphatic rings. The zero-order valence-electron chi connectivity index (χ0n) is 12.3. The Balaban J connectivity index is 2.33. The van der Waals surface area contributed by atoms with Gasteiger partial charge in [-0.2, -0.15) is 10.2 Å². The van der Waals surface area contributed by atoms with Gasteiger partial charge in [-0.25, -0.2) is 0 Å². The molecule has 2 aromatic heterocycles. The van der Waals surface area contributed by atoms with Gasteiger partial charge >= 0.3 is 0 Å². The van der Waals surface area contributed by atoms with Crippen molar-refractivity contribution in [1.82, 2.24) is 19.6 Å². The number of amides is 1. The Morgan fingerprint density at radius 3 is 2.70 bits per heavy atom. The molecule has 0 aromatic carbocycles. The van der Waals surface area contributed by atoms with Crippen LogP contribution in [0, 0.1) is 6.92 Å². The summed E-state index contributed by atoms with van der Waals surface area (Å²) in [5.74, 6) is -0.257. The summed E-state index contributed by atoms with van der Waals surface area (Å²) in [4.78, 5) is 12.4. The van der Waals surface area contributed by atoms with E-state index in [2.05, 4.69) is 15.5 Å². The molecule has 20 heavy (non-hydrogen) atoms. The SMILES string of the molecule is CCc1nn(C)cc1NC(=O)c1c(N)c(C)nn1CC. The predicted octanol–water partition coefficient (Wildman–Crippen LogP) is 1.34. The molecule has 1 amide bonds. The fraction of sp³-hybridized carbons (Fsp3) is 0.462. The van der Waals surface area contributed by atoms with Crippen molar-refractivity contribution in [3.63, 3.8) is 0 Å². The Hall–Kier alpha value is -2.31. The zero-order valence-corrected chi connectivity index (χ0v) is 12.3. The summed E-state index contributed by atoms with van der Waals surface area (Å²) >= 11 is 0. The number of nitrogens with one attached hydrogen (secondary N) is 1. The van der Waals surface area contributed by atoms with Crippen molar-refractivity contribution < 1.29 is 4.79 Å². The number of hydrogen-bond acceptors (Lipinski definition) is 4. The van der Waals surface area contributed by atoms with Crippen LogP contribution < -0.4 is 11.1 Å². The van der Waals surface area contributed by atoms with Gasteiger partial charge in [-0.15, -0.1) is 0 Å². The number of anilines is 2. The summed E-state index contributed by atoms with van der Waals surface area (Å²) in [5, 5.41) is 11.4. The van der Waals surface area contributed by atoms with Gasteiger partial charge in [0.2, 0.25) is 0 Å². The first-order valence-corrected chi connectivity index (χ1v) is 6.64. The van der Waals surface area contributed by atoms with E-state index in [9.17, 15) is 4.79 Å². The minimum Gasteiger partial charge on any atom is -0.395 e. The number of rotatable bonds is 4. The number of aryl methyl sites for hydroxylation is 4. The highest BCUT2D eigenvalue weighted by Crippen LogP contribution is 2.20. The Labute approximate surface area is 117 Å². The maximum atomic E-state index is 12.4. The molecule has 2 aromatic rings. The number of aromatic nitrogens is 4. The van der Waals surface area contributed by atoms with Crippen LogP contribution in [0.4, 0.5) is 11.4 Å². The van der Waals surface area contributed by atoms with Gasteiger partial charge in [0, 0.05) is 19.8 Å². The molecular formula is C13H20N6O. The number of carbonyl (C=O) groups excluding carboxylic acids is 1. The average Bonchev–Trinajstić information content (AvgIpc) is 2.90. The molecule has 0 unspecified atom stereocenters. The quantitative estimate of drug-likeness (QED) is 0.881. The zero-order chi connectivity index (χ0) is 14.9. The van der Waals surface area contributed by atoms with Crippen molar-refractivity contribution in [2.75, 3.05) is 11.1 Å². The topological polar surface area (TPSA) is 90.8 Å². The minimum atomic E-state index is -0.257. The van der Waals surface area contributed by atoms with Crippen LogP contribution in [0.1, 0.15) is 35.7 Å². The number of hydrogen-bond donors (Lipinski definition) is 2. The molecule has 0 atom stereocenters. The smallest absolute Gasteiger partial charge is 0.276 e. The van der Waals surface area contributed by atoms with Crippen LogP contribution in [-0.2, 0) is 20.0 Å². The van der Waals surface area contributed by atoms with Crippen LogP contribution in [0.25, 0.3) is 0 Å². The van der Waals surface area contributed by atoms with Gasteiger partial charge in [0.1, 0.15) is 5.69 Å². The predicted molar refractivity (Wildman–Crippen MR) is 77.6 cm³/mol. The summed E-state index contributed by atoms with van der Waals surface area (Å²) in [7, 11) is 1.82. The summed E-state index contributed by atoms with van der Waals surface area (Å²) < 4.78 is 3.29. The van der Waals surface area contributed by atoms with Crippen LogP contribution >= 0.6 is 0 Å². The maximum absolute atomic E-state index is 12.4. The van der Waals surface area contributed by atoms with E-state index >= 15 is 0 Å². The van der Waals surface area contributed by atoms with Gasteiger partial charge in [-0.05, 0) is 20.3 Å². The van der Waals surface area contributed by atoms with Crippen molar-refractivity contribution in [2.45, 2.75) is 33.7 Å². The fourth-order valence-electron chi connectivity index (χ4n) is 2.15. The Morgan fingerprint density at radius 2 is 2.10 bits per heavy atom. The first-order chi connectivity index (χ1) is 9.47. The molecule has 7 heteroatoms. The monoisotopic (exact) mass is 276 g/mol. The standard InChI is InChI=1S/C13H20N6O/c1-5-9-10(7-18(4)17-9)15-13(20)12-11(14)8(3)16-19(12)6-2/h7H,5-6,14H2,1-4H3,(H,15,20). The lowest BCUT2D eigenvalue weighted by atomic mass is 10.2. The largest absolute Gasteiger partial charge is 0.395 e. The molecule has 0 radical (unpaired) electrons. The summed E-state index contributed by atoms with van der Waals surface area (Å²) in [5.41, 5.74) is 8.99. The van der Waals surface area contributed by atoms with E-state index in [0.29, 0.717) is 29.3 Å². The van der Waals surface area contributed by atoms with Crippen LogP contribution in [0.15, 0.2) is 6.20 Å². The number of nitrogen functional groups attached to an aromatic ring is 1. The van der Waals surface area contributed by atoms with Gasteiger partial charge < -0.3 is 11.1 Å². The van der Waals surface area contributed by atoms with Crippen LogP contribution in [-0.4, -0.2) is 25.5 Å². The second-order valence-corrected chi connectivity index (χ2v) is 4.63. The molecule has 0 aliphatic heterocycles. The van der Waals surface area contributed by atoms with Crippen molar-refractivity contribution >= 4 is 17.3 Å². The first kappa shape index (κ1) is 14.1. The van der Waals surface area contributed by atoms with E-state index in [0.717, 1.165) is 12.1 Å². The normalized spacial score (nSPS) is 10.8. The van der Waals surface area contributed by atoms with E-state index in [1.807, 2.05) is 20.9 Å². The molecule has 2 heterocycles. The number of carbonyl (C=O) groups is 1. The summed E-state index contributed by atoms with van der Waals surface area (Å²) in [6, 6.07) is 0. The molecule has 0 bridgehead atoms. The van der Waals surface area contributed by atoms with Crippen molar-refractivity contribution in [3.8, 4) is 0 Å². The highest BCUT2D eigenvalue weighted by molar-refractivity contribution is 6.07. The molecule has 108 valence electrons. The molecule has 0 spiro atoms. The Morgan fingerprint density at radius 1 is 1.40 bits per heavy atom. The second-order valence-electron chi connectivity index (χ2n) is 4.63. The van der Waals surface area contributed by atoms with Crippen molar-refractivity contribution in [3.05, 3.63) is 23.3 Å². The number of nitrogens with two attached hydrogens (primary N) is 1. The van der Waals surface area contributed by atoms with Crippen LogP contribution in [0.5, 0.6) is 0 Å². The van der Waals surface area contributed by atoms with E-state index in [-0.39, 0.29) is 5.91 Å². The maximum Gasteiger partial charge on any atom is 0.276 e. The lowest BCUT2D eigenvalue weighted by molar-refractivity contribution is 0.101. The van der Waals surface area contributed by atoms with Crippen LogP contribution in [0.2, 0.25) is 0 Å². The summed E-state index contributed by atoms with van der Waals surface area (Å²) in [6.45, 7) is 6.30. The minimum absolute atomic E-state index is 0.257. The first-order valence-electron chi connectivity index (χ1n) is 6.64. The third-order valence-electron chi connectivity index (χ3n) is 3.18. The Kier molecular flexibility index (Phi) is 3.78. The average molecular weight is 276 g/mol. The van der Waals surface area contributed by atoms with Gasteiger partial charge in [-0.1, -0.05) is 6.92 Å². The molecule has 0 saturated carbocycles. The third-order valence-corrected chi connectivity index (χ3v) is 3.18. The van der Waals surface area contributed by atoms with Crippen molar-refractivity contribution in [2.24, 2.45) is 7.05 Å². The van der Waals surface area contributed by atoms with Crippen LogP contribution in [0.3, 0.4) is 0 Å². The molecule has 0 fully saturated rings. The van der Waals surface area contributed by atoms with Crippen molar-refractivity contribution in [1.29, 1.82) is 0 Å². The fourth-order valence-corrected chi connectivity index (χ4v) is 2.15. The van der Waals surface area contributed by atoms with Gasteiger partial charge in [-0.3, -0.25) is 14.2 Å². The molecule has 7 nitrogen and oxygen atoms in total. The number of nitrogens with zero attached hydrogens (tertiary/aromatic N) is 4. The van der Waals surface area contributed by atoms with Gasteiger partial charge in [0.15, 0.2) is 0 Å². The van der Waals surface area contributed by atoms with E-state index in [4.69, 9.17) is 5.73 Å². The highest BCUT2D eigenvalue weighted by Gasteiger charge is 2.20. The lowest BCUT2D eigenvalue weighted by Gasteiger charge is -2.07. The third kappa shape index (κ3) is 2.38. The molecule has 0 saturated heterocycles. The van der Waals surface area contributed by atoms with Gasteiger partial charge in [0.05, 0.1) is 22.8 Å². The van der Waals surface area contributed by atoms with E-state index < -0.39 is 0 Å². The molecule has 3 N–H and O–H groups in total. The molecule has 2 rings (SSSR count). The molecule has 0 aliphatic carbocycles. The van der Waals surface area contributed by atoms with E-state index in [1.165, 1.54) is 0 Å². The summed E-state index contributed by atoms with van der Waals surface area (Å²) in [6.07, 6.45) is 2.53. The van der Waals surface area contributed by atoms with E-state index in [1.54, 1.807) is 22.5 Å². The second kappa shape index (κ2) is 5.36. The van der Waals surface area contributed by atoms with Gasteiger partial charge in [0.25, 0.3) is 5.91 Å². The Bertz CT molecular complexity index is 640. The molecular weight excluding hydrogens is 256 g/mol.